The molecule has 3 rings (SSSR count). The molecule has 4 nitrogen and oxygen atoms in total. The molecular weight excluding hydrogens is 238 g/mol. The van der Waals surface area contributed by atoms with Crippen LogP contribution < -0.4 is 0 Å². The lowest BCUT2D eigenvalue weighted by Crippen LogP contribution is -2.06. The van der Waals surface area contributed by atoms with E-state index in [4.69, 9.17) is 0 Å². The maximum Gasteiger partial charge on any atom is 0.150 e. The van der Waals surface area contributed by atoms with E-state index in [1.165, 1.54) is 0 Å². The lowest BCUT2D eigenvalue weighted by molar-refractivity contribution is 0.112. The summed E-state index contributed by atoms with van der Waals surface area (Å²) in [5.41, 5.74) is 1.83. The molecule has 0 saturated heterocycles. The van der Waals surface area contributed by atoms with E-state index in [1.807, 2.05) is 42.9 Å². The summed E-state index contributed by atoms with van der Waals surface area (Å²) in [6, 6.07) is 7.77. The van der Waals surface area contributed by atoms with E-state index in [1.54, 1.807) is 0 Å². The number of aryl methyl sites for hydroxylation is 1. The number of benzene rings is 1. The molecule has 0 atom stereocenters. The van der Waals surface area contributed by atoms with Crippen LogP contribution in [0.3, 0.4) is 0 Å². The van der Waals surface area contributed by atoms with Crippen molar-refractivity contribution in [3.05, 3.63) is 54.2 Å². The molecule has 2 aromatic heterocycles. The van der Waals surface area contributed by atoms with Crippen molar-refractivity contribution in [1.29, 1.82) is 0 Å². The molecule has 96 valence electrons. The zero-order valence-corrected chi connectivity index (χ0v) is 10.8. The largest absolute Gasteiger partial charge is 0.340 e. The SMILES string of the molecule is CCn1ccnc1Cn1ccc2cc(C=O)ccc21. The number of fused-ring (bicyclic) bond motifs is 1. The van der Waals surface area contributed by atoms with Crippen molar-refractivity contribution in [3.8, 4) is 0 Å². The highest BCUT2D eigenvalue weighted by Crippen LogP contribution is 2.18. The molecule has 3 aromatic rings. The van der Waals surface area contributed by atoms with Crippen molar-refractivity contribution < 1.29 is 4.79 Å². The number of imidazole rings is 1. The summed E-state index contributed by atoms with van der Waals surface area (Å²) >= 11 is 0. The zero-order valence-electron chi connectivity index (χ0n) is 10.8. The van der Waals surface area contributed by atoms with Gasteiger partial charge in [0.05, 0.1) is 6.54 Å². The van der Waals surface area contributed by atoms with Crippen molar-refractivity contribution in [2.75, 3.05) is 0 Å². The van der Waals surface area contributed by atoms with Gasteiger partial charge in [-0.1, -0.05) is 0 Å². The van der Waals surface area contributed by atoms with Crippen LogP contribution in [0.15, 0.2) is 42.9 Å². The first kappa shape index (κ1) is 11.7. The van der Waals surface area contributed by atoms with Crippen LogP contribution in [0.2, 0.25) is 0 Å². The Labute approximate surface area is 111 Å². The van der Waals surface area contributed by atoms with Crippen molar-refractivity contribution in [1.82, 2.24) is 14.1 Å². The lowest BCUT2D eigenvalue weighted by atomic mass is 10.2. The Morgan fingerprint density at radius 1 is 1.21 bits per heavy atom. The van der Waals surface area contributed by atoms with E-state index in [0.717, 1.165) is 36.1 Å². The number of carbonyl (C=O) groups excluding carboxylic acids is 1. The van der Waals surface area contributed by atoms with Crippen LogP contribution in [0, 0.1) is 0 Å². The highest BCUT2D eigenvalue weighted by atomic mass is 16.1. The summed E-state index contributed by atoms with van der Waals surface area (Å²) in [6.07, 6.45) is 6.73. The van der Waals surface area contributed by atoms with Crippen molar-refractivity contribution >= 4 is 17.2 Å². The van der Waals surface area contributed by atoms with Crippen LogP contribution >= 0.6 is 0 Å². The highest BCUT2D eigenvalue weighted by Gasteiger charge is 2.06. The monoisotopic (exact) mass is 253 g/mol. The van der Waals surface area contributed by atoms with Gasteiger partial charge in [0.2, 0.25) is 0 Å². The number of hydrogen-bond acceptors (Lipinski definition) is 2. The number of aldehydes is 1. The van der Waals surface area contributed by atoms with Crippen LogP contribution in [0.5, 0.6) is 0 Å². The second-order valence-corrected chi connectivity index (χ2v) is 4.51. The first-order valence-corrected chi connectivity index (χ1v) is 6.36. The second-order valence-electron chi connectivity index (χ2n) is 4.51. The zero-order chi connectivity index (χ0) is 13.2. The molecule has 0 radical (unpaired) electrons. The molecule has 4 heteroatoms. The van der Waals surface area contributed by atoms with Crippen LogP contribution in [0.25, 0.3) is 10.9 Å². The normalized spacial score (nSPS) is 11.0. The summed E-state index contributed by atoms with van der Waals surface area (Å²) in [4.78, 5) is 15.2. The van der Waals surface area contributed by atoms with E-state index in [-0.39, 0.29) is 0 Å². The minimum absolute atomic E-state index is 0.709. The quantitative estimate of drug-likeness (QED) is 0.671. The van der Waals surface area contributed by atoms with Gasteiger partial charge in [-0.25, -0.2) is 4.98 Å². The molecule has 0 aliphatic carbocycles. The summed E-state index contributed by atoms with van der Waals surface area (Å²) in [6.45, 7) is 3.77. The minimum Gasteiger partial charge on any atom is -0.340 e. The fraction of sp³-hybridized carbons (Fsp3) is 0.200. The van der Waals surface area contributed by atoms with Crippen LogP contribution in [0.1, 0.15) is 23.1 Å². The highest BCUT2D eigenvalue weighted by molar-refractivity contribution is 5.87. The Morgan fingerprint density at radius 2 is 2.11 bits per heavy atom. The first-order chi connectivity index (χ1) is 9.31. The Balaban J connectivity index is 1.99. The Bertz CT molecular complexity index is 724. The van der Waals surface area contributed by atoms with Crippen molar-refractivity contribution in [3.63, 3.8) is 0 Å². The summed E-state index contributed by atoms with van der Waals surface area (Å²) in [5, 5.41) is 1.08. The molecule has 19 heavy (non-hydrogen) atoms. The van der Waals surface area contributed by atoms with Gasteiger partial charge in [0, 0.05) is 41.6 Å². The predicted molar refractivity (Wildman–Crippen MR) is 74.3 cm³/mol. The van der Waals surface area contributed by atoms with Crippen LogP contribution in [0.4, 0.5) is 0 Å². The third-order valence-electron chi connectivity index (χ3n) is 3.39. The van der Waals surface area contributed by atoms with Gasteiger partial charge in [-0.3, -0.25) is 4.79 Å². The van der Waals surface area contributed by atoms with Crippen molar-refractivity contribution in [2.45, 2.75) is 20.0 Å². The van der Waals surface area contributed by atoms with Gasteiger partial charge in [0.1, 0.15) is 12.1 Å². The Morgan fingerprint density at radius 3 is 2.89 bits per heavy atom. The maximum absolute atomic E-state index is 10.8. The van der Waals surface area contributed by atoms with Gasteiger partial charge >= 0.3 is 0 Å². The topological polar surface area (TPSA) is 39.8 Å². The number of hydrogen-bond donors (Lipinski definition) is 0. The van der Waals surface area contributed by atoms with E-state index < -0.39 is 0 Å². The molecule has 1 aromatic carbocycles. The molecular formula is C15H15N3O. The molecule has 0 bridgehead atoms. The number of rotatable bonds is 4. The lowest BCUT2D eigenvalue weighted by Gasteiger charge is -2.07. The number of carbonyl (C=O) groups is 1. The second kappa shape index (κ2) is 4.72. The molecule has 0 amide bonds. The van der Waals surface area contributed by atoms with Crippen molar-refractivity contribution in [2.24, 2.45) is 0 Å². The van der Waals surface area contributed by atoms with Crippen LogP contribution in [-0.4, -0.2) is 20.4 Å². The Kier molecular flexibility index (Phi) is 2.91. The summed E-state index contributed by atoms with van der Waals surface area (Å²) in [5.74, 6) is 1.04. The van der Waals surface area contributed by atoms with E-state index in [2.05, 4.69) is 21.0 Å². The fourth-order valence-electron chi connectivity index (χ4n) is 2.36. The smallest absolute Gasteiger partial charge is 0.150 e. The fourth-order valence-corrected chi connectivity index (χ4v) is 2.36. The summed E-state index contributed by atoms with van der Waals surface area (Å²) < 4.78 is 4.28. The van der Waals surface area contributed by atoms with E-state index >= 15 is 0 Å². The first-order valence-electron chi connectivity index (χ1n) is 6.36. The molecule has 0 saturated carbocycles. The molecule has 0 aliphatic heterocycles. The van der Waals surface area contributed by atoms with E-state index in [9.17, 15) is 4.79 Å². The van der Waals surface area contributed by atoms with Crippen LogP contribution in [-0.2, 0) is 13.1 Å². The number of nitrogens with zero attached hydrogens (tertiary/aromatic N) is 3. The molecule has 0 N–H and O–H groups in total. The molecule has 0 aliphatic rings. The average Bonchev–Trinajstić information content (AvgIpc) is 3.05. The van der Waals surface area contributed by atoms with Gasteiger partial charge in [0.15, 0.2) is 0 Å². The molecule has 2 heterocycles. The van der Waals surface area contributed by atoms with Gasteiger partial charge in [-0.2, -0.15) is 0 Å². The maximum atomic E-state index is 10.8. The van der Waals surface area contributed by atoms with E-state index in [0.29, 0.717) is 5.56 Å². The van der Waals surface area contributed by atoms with Gasteiger partial charge in [0.25, 0.3) is 0 Å². The van der Waals surface area contributed by atoms with Gasteiger partial charge in [-0.05, 0) is 31.2 Å². The predicted octanol–water partition coefficient (Wildman–Crippen LogP) is 2.72. The summed E-state index contributed by atoms with van der Waals surface area (Å²) in [7, 11) is 0. The number of aromatic nitrogens is 3. The Hall–Kier alpha value is -2.36. The van der Waals surface area contributed by atoms with Gasteiger partial charge in [-0.15, -0.1) is 0 Å². The molecule has 0 unspecified atom stereocenters. The molecule has 0 spiro atoms. The average molecular weight is 253 g/mol. The third-order valence-corrected chi connectivity index (χ3v) is 3.39. The van der Waals surface area contributed by atoms with Gasteiger partial charge < -0.3 is 9.13 Å². The standard InChI is InChI=1S/C15H15N3O/c1-2-17-8-6-16-15(17)10-18-7-5-13-9-12(11-19)3-4-14(13)18/h3-9,11H,2,10H2,1H3. The minimum atomic E-state index is 0.709. The third kappa shape index (κ3) is 2.05. The molecule has 0 fully saturated rings.